The van der Waals surface area contributed by atoms with Crippen LogP contribution in [0.1, 0.15) is 72.1 Å². The number of nitrogens with one attached hydrogen (secondary N) is 1. The Kier molecular flexibility index (Phi) is 11.2. The Hall–Kier alpha value is -0.570. The lowest BCUT2D eigenvalue weighted by molar-refractivity contribution is -0.121. The van der Waals surface area contributed by atoms with Crippen molar-refractivity contribution in [1.82, 2.24) is 5.32 Å². The molecule has 0 aromatic rings. The summed E-state index contributed by atoms with van der Waals surface area (Å²) in [7, 11) is 0. The Morgan fingerprint density at radius 1 is 1.11 bits per heavy atom. The zero-order valence-electron chi connectivity index (χ0n) is 12.5. The van der Waals surface area contributed by atoms with Crippen molar-refractivity contribution >= 4 is 5.91 Å². The third-order valence-electron chi connectivity index (χ3n) is 3.16. The van der Waals surface area contributed by atoms with Crippen molar-refractivity contribution < 1.29 is 4.79 Å². The van der Waals surface area contributed by atoms with Gasteiger partial charge >= 0.3 is 0 Å². The van der Waals surface area contributed by atoms with Gasteiger partial charge in [0.15, 0.2) is 0 Å². The Labute approximate surface area is 113 Å². The summed E-state index contributed by atoms with van der Waals surface area (Å²) in [6.45, 7) is 7.07. The molecule has 0 saturated heterocycles. The molecule has 0 aliphatic heterocycles. The fourth-order valence-corrected chi connectivity index (χ4v) is 2.15. The molecule has 18 heavy (non-hydrogen) atoms. The maximum atomic E-state index is 11.7. The second-order valence-electron chi connectivity index (χ2n) is 5.65. The van der Waals surface area contributed by atoms with Gasteiger partial charge in [-0.05, 0) is 18.8 Å². The van der Waals surface area contributed by atoms with Crippen LogP contribution in [0.3, 0.4) is 0 Å². The monoisotopic (exact) mass is 256 g/mol. The highest BCUT2D eigenvalue weighted by Gasteiger charge is 2.11. The highest BCUT2D eigenvalue weighted by molar-refractivity contribution is 5.76. The Morgan fingerprint density at radius 3 is 2.28 bits per heavy atom. The summed E-state index contributed by atoms with van der Waals surface area (Å²) in [6.07, 6.45) is 8.95. The average molecular weight is 256 g/mol. The number of carbonyl (C=O) groups excluding carboxylic acids is 1. The van der Waals surface area contributed by atoms with E-state index >= 15 is 0 Å². The third kappa shape index (κ3) is 10.6. The maximum absolute atomic E-state index is 11.7. The minimum absolute atomic E-state index is 0.151. The molecule has 1 unspecified atom stereocenters. The first-order valence-corrected chi connectivity index (χ1v) is 7.59. The summed E-state index contributed by atoms with van der Waals surface area (Å²) in [5.74, 6) is 0.745. The second-order valence-corrected chi connectivity index (χ2v) is 5.65. The van der Waals surface area contributed by atoms with E-state index in [1.807, 2.05) is 0 Å². The standard InChI is InChI=1S/C15H32N2O/c1-4-5-6-7-8-9-10-15(18)17-14(12-16)11-13(2)3/h13-14H,4-12,16H2,1-3H3,(H,17,18). The van der Waals surface area contributed by atoms with Gasteiger partial charge in [-0.15, -0.1) is 0 Å². The van der Waals surface area contributed by atoms with Crippen molar-refractivity contribution in [3.05, 3.63) is 0 Å². The number of unbranched alkanes of at least 4 members (excludes halogenated alkanes) is 5. The van der Waals surface area contributed by atoms with Gasteiger partial charge in [-0.25, -0.2) is 0 Å². The molecular weight excluding hydrogens is 224 g/mol. The second kappa shape index (κ2) is 11.5. The summed E-state index contributed by atoms with van der Waals surface area (Å²) in [6, 6.07) is 0.151. The SMILES string of the molecule is CCCCCCCCC(=O)NC(CN)CC(C)C. The molecule has 0 aromatic carbocycles. The molecule has 1 atom stereocenters. The van der Waals surface area contributed by atoms with Crippen LogP contribution in [0.15, 0.2) is 0 Å². The van der Waals surface area contributed by atoms with Gasteiger partial charge < -0.3 is 11.1 Å². The van der Waals surface area contributed by atoms with Crippen LogP contribution in [-0.2, 0) is 4.79 Å². The molecular formula is C15H32N2O. The molecule has 0 rings (SSSR count). The molecule has 108 valence electrons. The number of hydrogen-bond donors (Lipinski definition) is 2. The molecule has 0 aliphatic carbocycles. The molecule has 3 N–H and O–H groups in total. The van der Waals surface area contributed by atoms with Crippen molar-refractivity contribution in [2.75, 3.05) is 6.54 Å². The van der Waals surface area contributed by atoms with Crippen LogP contribution in [0.5, 0.6) is 0 Å². The number of amides is 1. The number of nitrogens with two attached hydrogens (primary N) is 1. The summed E-state index contributed by atoms with van der Waals surface area (Å²) in [4.78, 5) is 11.7. The third-order valence-corrected chi connectivity index (χ3v) is 3.16. The van der Waals surface area contributed by atoms with E-state index in [4.69, 9.17) is 5.73 Å². The van der Waals surface area contributed by atoms with Gasteiger partial charge in [-0.3, -0.25) is 4.79 Å². The fourth-order valence-electron chi connectivity index (χ4n) is 2.15. The molecule has 0 aromatic heterocycles. The average Bonchev–Trinajstić information content (AvgIpc) is 2.32. The largest absolute Gasteiger partial charge is 0.352 e. The summed E-state index contributed by atoms with van der Waals surface area (Å²) >= 11 is 0. The van der Waals surface area contributed by atoms with Gasteiger partial charge in [0, 0.05) is 19.0 Å². The zero-order chi connectivity index (χ0) is 13.8. The van der Waals surface area contributed by atoms with E-state index in [1.54, 1.807) is 0 Å². The van der Waals surface area contributed by atoms with Crippen molar-refractivity contribution in [2.45, 2.75) is 78.2 Å². The van der Waals surface area contributed by atoms with Crippen LogP contribution < -0.4 is 11.1 Å². The highest BCUT2D eigenvalue weighted by atomic mass is 16.1. The van der Waals surface area contributed by atoms with Crippen molar-refractivity contribution in [1.29, 1.82) is 0 Å². The topological polar surface area (TPSA) is 55.1 Å². The summed E-state index contributed by atoms with van der Waals surface area (Å²) in [5.41, 5.74) is 5.66. The molecule has 0 saturated carbocycles. The van der Waals surface area contributed by atoms with Crippen LogP contribution in [0.4, 0.5) is 0 Å². The van der Waals surface area contributed by atoms with E-state index in [9.17, 15) is 4.79 Å². The van der Waals surface area contributed by atoms with Gasteiger partial charge in [-0.1, -0.05) is 52.9 Å². The Balaban J connectivity index is 3.56. The lowest BCUT2D eigenvalue weighted by Gasteiger charge is -2.18. The molecule has 0 bridgehead atoms. The van der Waals surface area contributed by atoms with Gasteiger partial charge in [0.05, 0.1) is 0 Å². The van der Waals surface area contributed by atoms with E-state index < -0.39 is 0 Å². The van der Waals surface area contributed by atoms with Gasteiger partial charge in [0.1, 0.15) is 0 Å². The number of carbonyl (C=O) groups is 1. The summed E-state index contributed by atoms with van der Waals surface area (Å²) in [5, 5.41) is 3.04. The molecule has 0 radical (unpaired) electrons. The normalized spacial score (nSPS) is 12.7. The smallest absolute Gasteiger partial charge is 0.220 e. The Morgan fingerprint density at radius 2 is 1.72 bits per heavy atom. The first-order chi connectivity index (χ1) is 8.60. The number of rotatable bonds is 11. The Bertz CT molecular complexity index is 205. The van der Waals surface area contributed by atoms with E-state index in [0.29, 0.717) is 18.9 Å². The predicted octanol–water partition coefficient (Wildman–Crippen LogP) is 3.23. The first-order valence-electron chi connectivity index (χ1n) is 7.59. The van der Waals surface area contributed by atoms with E-state index in [-0.39, 0.29) is 11.9 Å². The lowest BCUT2D eigenvalue weighted by Crippen LogP contribution is -2.40. The quantitative estimate of drug-likeness (QED) is 0.558. The molecule has 3 heteroatoms. The summed E-state index contributed by atoms with van der Waals surface area (Å²) < 4.78 is 0. The zero-order valence-corrected chi connectivity index (χ0v) is 12.5. The van der Waals surface area contributed by atoms with Crippen LogP contribution >= 0.6 is 0 Å². The fraction of sp³-hybridized carbons (Fsp3) is 0.933. The van der Waals surface area contributed by atoms with Gasteiger partial charge in [-0.2, -0.15) is 0 Å². The van der Waals surface area contributed by atoms with Crippen molar-refractivity contribution in [2.24, 2.45) is 11.7 Å². The van der Waals surface area contributed by atoms with Crippen molar-refractivity contribution in [3.8, 4) is 0 Å². The van der Waals surface area contributed by atoms with Crippen molar-refractivity contribution in [3.63, 3.8) is 0 Å². The molecule has 3 nitrogen and oxygen atoms in total. The minimum Gasteiger partial charge on any atom is -0.352 e. The van der Waals surface area contributed by atoms with Gasteiger partial charge in [0.2, 0.25) is 5.91 Å². The number of hydrogen-bond acceptors (Lipinski definition) is 2. The van der Waals surface area contributed by atoms with Crippen LogP contribution in [0, 0.1) is 5.92 Å². The van der Waals surface area contributed by atoms with E-state index in [0.717, 1.165) is 12.8 Å². The lowest BCUT2D eigenvalue weighted by atomic mass is 10.0. The minimum atomic E-state index is 0.151. The van der Waals surface area contributed by atoms with Crippen LogP contribution in [0.2, 0.25) is 0 Å². The van der Waals surface area contributed by atoms with Crippen LogP contribution in [-0.4, -0.2) is 18.5 Å². The maximum Gasteiger partial charge on any atom is 0.220 e. The molecule has 0 spiro atoms. The van der Waals surface area contributed by atoms with Crippen LogP contribution in [0.25, 0.3) is 0 Å². The molecule has 0 heterocycles. The van der Waals surface area contributed by atoms with E-state index in [2.05, 4.69) is 26.1 Å². The highest BCUT2D eigenvalue weighted by Crippen LogP contribution is 2.08. The van der Waals surface area contributed by atoms with Gasteiger partial charge in [0.25, 0.3) is 0 Å². The van der Waals surface area contributed by atoms with E-state index in [1.165, 1.54) is 32.1 Å². The molecule has 0 fully saturated rings. The molecule has 1 amide bonds. The molecule has 0 aliphatic rings. The predicted molar refractivity (Wildman–Crippen MR) is 78.4 cm³/mol. The first kappa shape index (κ1) is 17.4.